The van der Waals surface area contributed by atoms with Crippen molar-refractivity contribution in [1.82, 2.24) is 4.90 Å². The van der Waals surface area contributed by atoms with Crippen LogP contribution in [-0.2, 0) is 0 Å². The Morgan fingerprint density at radius 1 is 1.30 bits per heavy atom. The molecule has 0 saturated carbocycles. The van der Waals surface area contributed by atoms with E-state index in [2.05, 4.69) is 32.5 Å². The number of anilines is 1. The van der Waals surface area contributed by atoms with E-state index in [9.17, 15) is 0 Å². The molecule has 0 fully saturated rings. The Hall–Kier alpha value is -2.30. The number of methoxy groups -OCH3 is 1. The predicted octanol–water partition coefficient (Wildman–Crippen LogP) is 2.34. The van der Waals surface area contributed by atoms with E-state index in [0.717, 1.165) is 17.9 Å². The molecule has 0 spiro atoms. The molecule has 104 valence electrons. The first-order valence-electron chi connectivity index (χ1n) is 6.68. The van der Waals surface area contributed by atoms with Gasteiger partial charge in [-0.15, -0.1) is 0 Å². The second-order valence-corrected chi connectivity index (χ2v) is 4.95. The summed E-state index contributed by atoms with van der Waals surface area (Å²) in [5.41, 5.74) is 0.953. The Balaban J connectivity index is 1.74. The molecule has 0 aromatic heterocycles. The standard InChI is InChI=1S/C15H18N4O/c1-19-9-3-4-11-10-16-15(18-14(11)19)17-12-5-7-13(20-2)8-6-12/h3,5-11,14H,4H2,1-2H3,(H,17,18). The Morgan fingerprint density at radius 3 is 2.85 bits per heavy atom. The molecule has 2 atom stereocenters. The smallest absolute Gasteiger partial charge is 0.224 e. The SMILES string of the molecule is COc1ccc(NC2=NC3C(C=N2)CC=CN3C)cc1. The summed E-state index contributed by atoms with van der Waals surface area (Å²) in [5, 5.41) is 3.23. The minimum absolute atomic E-state index is 0.137. The van der Waals surface area contributed by atoms with Crippen LogP contribution in [0.3, 0.4) is 0 Å². The summed E-state index contributed by atoms with van der Waals surface area (Å²) in [4.78, 5) is 11.2. The average Bonchev–Trinajstić information content (AvgIpc) is 2.49. The topological polar surface area (TPSA) is 49.2 Å². The molecule has 5 nitrogen and oxygen atoms in total. The third-order valence-electron chi connectivity index (χ3n) is 3.54. The summed E-state index contributed by atoms with van der Waals surface area (Å²) in [6.45, 7) is 0. The van der Waals surface area contributed by atoms with Crippen molar-refractivity contribution >= 4 is 17.9 Å². The molecule has 1 aromatic rings. The molecule has 2 heterocycles. The first kappa shape index (κ1) is 12.7. The van der Waals surface area contributed by atoms with Crippen LogP contribution < -0.4 is 10.1 Å². The quantitative estimate of drug-likeness (QED) is 0.897. The summed E-state index contributed by atoms with van der Waals surface area (Å²) >= 11 is 0. The third-order valence-corrected chi connectivity index (χ3v) is 3.54. The van der Waals surface area contributed by atoms with Crippen LogP contribution in [0.15, 0.2) is 46.5 Å². The van der Waals surface area contributed by atoms with Gasteiger partial charge in [-0.05, 0) is 36.9 Å². The lowest BCUT2D eigenvalue weighted by Gasteiger charge is -2.33. The Bertz CT molecular complexity index is 562. The van der Waals surface area contributed by atoms with Crippen molar-refractivity contribution in [2.45, 2.75) is 12.6 Å². The summed E-state index contributed by atoms with van der Waals surface area (Å²) in [5.74, 6) is 1.85. The van der Waals surface area contributed by atoms with Crippen molar-refractivity contribution in [2.24, 2.45) is 15.9 Å². The van der Waals surface area contributed by atoms with Crippen LogP contribution >= 0.6 is 0 Å². The van der Waals surface area contributed by atoms with E-state index < -0.39 is 0 Å². The Labute approximate surface area is 118 Å². The number of hydrogen-bond donors (Lipinski definition) is 1. The molecular weight excluding hydrogens is 252 g/mol. The summed E-state index contributed by atoms with van der Waals surface area (Å²) < 4.78 is 5.14. The predicted molar refractivity (Wildman–Crippen MR) is 81.3 cm³/mol. The molecule has 0 bridgehead atoms. The molecule has 0 radical (unpaired) electrons. The van der Waals surface area contributed by atoms with Gasteiger partial charge in [-0.1, -0.05) is 6.08 Å². The molecular formula is C15H18N4O. The number of guanidine groups is 1. The highest BCUT2D eigenvalue weighted by atomic mass is 16.5. The van der Waals surface area contributed by atoms with E-state index >= 15 is 0 Å². The molecule has 2 unspecified atom stereocenters. The molecule has 1 aromatic carbocycles. The van der Waals surface area contributed by atoms with E-state index in [1.165, 1.54) is 0 Å². The van der Waals surface area contributed by atoms with Crippen LogP contribution in [0, 0.1) is 5.92 Å². The van der Waals surface area contributed by atoms with Crippen LogP contribution in [0.4, 0.5) is 5.69 Å². The van der Waals surface area contributed by atoms with Gasteiger partial charge in [-0.2, -0.15) is 0 Å². The second-order valence-electron chi connectivity index (χ2n) is 4.95. The molecule has 20 heavy (non-hydrogen) atoms. The Kier molecular flexibility index (Phi) is 3.41. The van der Waals surface area contributed by atoms with Gasteiger partial charge in [0.05, 0.1) is 7.11 Å². The van der Waals surface area contributed by atoms with E-state index in [0.29, 0.717) is 11.9 Å². The van der Waals surface area contributed by atoms with Gasteiger partial charge in [0.2, 0.25) is 5.96 Å². The number of hydrogen-bond acceptors (Lipinski definition) is 5. The van der Waals surface area contributed by atoms with Crippen LogP contribution in [0.25, 0.3) is 0 Å². The molecule has 0 amide bonds. The van der Waals surface area contributed by atoms with Crippen LogP contribution in [0.2, 0.25) is 0 Å². The summed E-state index contributed by atoms with van der Waals surface area (Å²) in [6, 6.07) is 7.72. The minimum Gasteiger partial charge on any atom is -0.497 e. The van der Waals surface area contributed by atoms with Crippen molar-refractivity contribution < 1.29 is 4.74 Å². The number of benzene rings is 1. The normalized spacial score (nSPS) is 24.1. The zero-order valence-electron chi connectivity index (χ0n) is 11.7. The molecule has 1 N–H and O–H groups in total. The van der Waals surface area contributed by atoms with Crippen molar-refractivity contribution in [1.29, 1.82) is 0 Å². The molecule has 2 aliphatic rings. The zero-order valence-corrected chi connectivity index (χ0v) is 11.7. The van der Waals surface area contributed by atoms with E-state index in [1.54, 1.807) is 7.11 Å². The molecule has 0 aliphatic carbocycles. The third kappa shape index (κ3) is 2.52. The van der Waals surface area contributed by atoms with Gasteiger partial charge in [0.1, 0.15) is 11.9 Å². The first-order chi connectivity index (χ1) is 9.76. The van der Waals surface area contributed by atoms with E-state index in [4.69, 9.17) is 4.74 Å². The average molecular weight is 270 g/mol. The van der Waals surface area contributed by atoms with Crippen molar-refractivity contribution in [3.8, 4) is 5.75 Å². The number of ether oxygens (including phenoxy) is 1. The van der Waals surface area contributed by atoms with E-state index in [1.807, 2.05) is 37.5 Å². The summed E-state index contributed by atoms with van der Waals surface area (Å²) in [7, 11) is 3.70. The largest absolute Gasteiger partial charge is 0.497 e. The maximum Gasteiger partial charge on any atom is 0.224 e. The first-order valence-corrected chi connectivity index (χ1v) is 6.68. The fraction of sp³-hybridized carbons (Fsp3) is 0.333. The van der Waals surface area contributed by atoms with Crippen LogP contribution in [-0.4, -0.2) is 37.4 Å². The van der Waals surface area contributed by atoms with Crippen LogP contribution in [0.1, 0.15) is 6.42 Å². The highest BCUT2D eigenvalue weighted by Gasteiger charge is 2.27. The van der Waals surface area contributed by atoms with Gasteiger partial charge in [0.15, 0.2) is 0 Å². The monoisotopic (exact) mass is 270 g/mol. The lowest BCUT2D eigenvalue weighted by atomic mass is 9.99. The van der Waals surface area contributed by atoms with Crippen molar-refractivity contribution in [3.63, 3.8) is 0 Å². The van der Waals surface area contributed by atoms with Gasteiger partial charge in [-0.3, -0.25) is 0 Å². The van der Waals surface area contributed by atoms with Gasteiger partial charge in [-0.25, -0.2) is 9.98 Å². The fourth-order valence-electron chi connectivity index (χ4n) is 2.41. The minimum atomic E-state index is 0.137. The maximum atomic E-state index is 5.14. The van der Waals surface area contributed by atoms with Crippen molar-refractivity contribution in [2.75, 3.05) is 19.5 Å². The van der Waals surface area contributed by atoms with Gasteiger partial charge in [0, 0.05) is 24.9 Å². The van der Waals surface area contributed by atoms with Gasteiger partial charge >= 0.3 is 0 Å². The number of fused-ring (bicyclic) bond motifs is 1. The Morgan fingerprint density at radius 2 is 2.10 bits per heavy atom. The van der Waals surface area contributed by atoms with E-state index in [-0.39, 0.29) is 6.17 Å². The van der Waals surface area contributed by atoms with Gasteiger partial charge in [0.25, 0.3) is 0 Å². The lowest BCUT2D eigenvalue weighted by molar-refractivity contribution is 0.270. The second kappa shape index (κ2) is 5.36. The lowest BCUT2D eigenvalue weighted by Crippen LogP contribution is -2.40. The molecule has 5 heteroatoms. The maximum absolute atomic E-state index is 5.14. The fourth-order valence-corrected chi connectivity index (χ4v) is 2.41. The highest BCUT2D eigenvalue weighted by Crippen LogP contribution is 2.23. The molecule has 0 saturated heterocycles. The number of allylic oxidation sites excluding steroid dienone is 1. The molecule has 3 rings (SSSR count). The summed E-state index contributed by atoms with van der Waals surface area (Å²) in [6.07, 6.45) is 7.36. The number of aliphatic imine (C=N–C) groups is 2. The van der Waals surface area contributed by atoms with Crippen molar-refractivity contribution in [3.05, 3.63) is 36.5 Å². The molecule has 2 aliphatic heterocycles. The number of nitrogens with zero attached hydrogens (tertiary/aromatic N) is 3. The van der Waals surface area contributed by atoms with Gasteiger partial charge < -0.3 is 15.0 Å². The highest BCUT2D eigenvalue weighted by molar-refractivity contribution is 6.00. The number of nitrogens with one attached hydrogen (secondary N) is 1. The van der Waals surface area contributed by atoms with Crippen LogP contribution in [0.5, 0.6) is 5.75 Å². The zero-order chi connectivity index (χ0) is 13.9. The number of rotatable bonds is 2.